The van der Waals surface area contributed by atoms with Crippen molar-refractivity contribution in [1.82, 2.24) is 9.88 Å². The van der Waals surface area contributed by atoms with Crippen LogP contribution >= 0.6 is 11.6 Å². The molecule has 1 unspecified atom stereocenters. The first kappa shape index (κ1) is 17.0. The van der Waals surface area contributed by atoms with Gasteiger partial charge in [0.15, 0.2) is 11.3 Å². The van der Waals surface area contributed by atoms with Gasteiger partial charge in [0.25, 0.3) is 0 Å². The largest absolute Gasteiger partial charge is 0.447 e. The van der Waals surface area contributed by atoms with E-state index in [9.17, 15) is 9.59 Å². The van der Waals surface area contributed by atoms with E-state index in [-0.39, 0.29) is 5.91 Å². The monoisotopic (exact) mass is 370 g/mol. The number of carbonyl (C=O) groups is 2. The van der Waals surface area contributed by atoms with Gasteiger partial charge in [-0.1, -0.05) is 29.8 Å². The Bertz CT molecular complexity index is 894. The van der Waals surface area contributed by atoms with E-state index < -0.39 is 17.0 Å². The van der Waals surface area contributed by atoms with Gasteiger partial charge >= 0.3 is 5.97 Å². The molecular formula is C20H19ClN2O3. The molecule has 1 aromatic carbocycles. The summed E-state index contributed by atoms with van der Waals surface area (Å²) >= 11 is 5.96. The predicted molar refractivity (Wildman–Crippen MR) is 97.0 cm³/mol. The SMILES string of the molecule is CC(C)(C(=O)N1CCC2(C1)OC(=O)c1ncccc12)c1ccc(Cl)cc1. The molecule has 0 bridgehead atoms. The number of esters is 1. The number of fused-ring (bicyclic) bond motifs is 2. The summed E-state index contributed by atoms with van der Waals surface area (Å²) in [7, 11) is 0. The van der Waals surface area contributed by atoms with Crippen molar-refractivity contribution >= 4 is 23.5 Å². The van der Waals surface area contributed by atoms with E-state index in [1.165, 1.54) is 0 Å². The van der Waals surface area contributed by atoms with Crippen LogP contribution < -0.4 is 0 Å². The van der Waals surface area contributed by atoms with E-state index in [1.807, 2.05) is 32.0 Å². The second-order valence-corrected chi connectivity index (χ2v) is 7.83. The lowest BCUT2D eigenvalue weighted by Crippen LogP contribution is -2.44. The fourth-order valence-corrected chi connectivity index (χ4v) is 3.99. The third-order valence-corrected chi connectivity index (χ3v) is 5.65. The van der Waals surface area contributed by atoms with Gasteiger partial charge in [-0.05, 0) is 37.6 Å². The number of likely N-dealkylation sites (tertiary alicyclic amines) is 1. The van der Waals surface area contributed by atoms with Crippen molar-refractivity contribution in [2.75, 3.05) is 13.1 Å². The predicted octanol–water partition coefficient (Wildman–Crippen LogP) is 3.31. The number of rotatable bonds is 2. The van der Waals surface area contributed by atoms with Crippen molar-refractivity contribution in [2.45, 2.75) is 31.3 Å². The van der Waals surface area contributed by atoms with Crippen molar-refractivity contribution in [2.24, 2.45) is 0 Å². The second-order valence-electron chi connectivity index (χ2n) is 7.39. The average Bonchev–Trinajstić information content (AvgIpc) is 3.17. The Morgan fingerprint density at radius 2 is 2.00 bits per heavy atom. The van der Waals surface area contributed by atoms with Gasteiger partial charge < -0.3 is 9.64 Å². The van der Waals surface area contributed by atoms with Crippen LogP contribution in [0.25, 0.3) is 0 Å². The summed E-state index contributed by atoms with van der Waals surface area (Å²) in [6.45, 7) is 4.70. The van der Waals surface area contributed by atoms with Crippen molar-refractivity contribution in [3.63, 3.8) is 0 Å². The molecule has 2 aliphatic heterocycles. The molecule has 1 atom stereocenters. The first-order valence-corrected chi connectivity index (χ1v) is 8.96. The lowest BCUT2D eigenvalue weighted by atomic mass is 9.83. The van der Waals surface area contributed by atoms with Crippen LogP contribution in [0.5, 0.6) is 0 Å². The zero-order valence-electron chi connectivity index (χ0n) is 14.7. The molecule has 1 aromatic heterocycles. The minimum Gasteiger partial charge on any atom is -0.447 e. The minimum atomic E-state index is -0.771. The molecule has 1 saturated heterocycles. The van der Waals surface area contributed by atoms with Gasteiger partial charge in [-0.15, -0.1) is 0 Å². The highest BCUT2D eigenvalue weighted by molar-refractivity contribution is 6.30. The summed E-state index contributed by atoms with van der Waals surface area (Å²) < 4.78 is 5.68. The molecule has 4 rings (SSSR count). The van der Waals surface area contributed by atoms with Crippen LogP contribution in [0.15, 0.2) is 42.6 Å². The van der Waals surface area contributed by atoms with E-state index in [0.717, 1.165) is 11.1 Å². The minimum absolute atomic E-state index is 0.00471. The van der Waals surface area contributed by atoms with Gasteiger partial charge in [-0.2, -0.15) is 0 Å². The smallest absolute Gasteiger partial charge is 0.358 e. The Hall–Kier alpha value is -2.40. The Balaban J connectivity index is 1.60. The van der Waals surface area contributed by atoms with Crippen LogP contribution in [0.1, 0.15) is 41.9 Å². The van der Waals surface area contributed by atoms with Crippen molar-refractivity contribution in [3.05, 3.63) is 64.4 Å². The lowest BCUT2D eigenvalue weighted by molar-refractivity contribution is -0.136. The number of hydrogen-bond acceptors (Lipinski definition) is 4. The molecule has 1 amide bonds. The standard InChI is InChI=1S/C20H19ClN2O3/c1-19(2,13-5-7-14(21)8-6-13)18(25)23-11-9-20(12-23)15-4-3-10-22-16(15)17(24)26-20/h3-8,10H,9,11-12H2,1-2H3. The first-order valence-electron chi connectivity index (χ1n) is 8.58. The topological polar surface area (TPSA) is 59.5 Å². The summed E-state index contributed by atoms with van der Waals surface area (Å²) in [5.41, 5.74) is 0.574. The molecular weight excluding hydrogens is 352 g/mol. The summed E-state index contributed by atoms with van der Waals surface area (Å²) in [6.07, 6.45) is 2.17. The third kappa shape index (κ3) is 2.50. The van der Waals surface area contributed by atoms with E-state index in [2.05, 4.69) is 4.98 Å². The number of aromatic nitrogens is 1. The molecule has 5 nitrogen and oxygen atoms in total. The van der Waals surface area contributed by atoms with Crippen LogP contribution in [0, 0.1) is 0 Å². The molecule has 0 radical (unpaired) electrons. The maximum absolute atomic E-state index is 13.2. The number of halogens is 1. The van der Waals surface area contributed by atoms with E-state index >= 15 is 0 Å². The number of amides is 1. The van der Waals surface area contributed by atoms with Crippen LogP contribution in [-0.2, 0) is 20.5 Å². The molecule has 2 aliphatic rings. The Labute approximate surface area is 156 Å². The molecule has 134 valence electrons. The zero-order chi connectivity index (χ0) is 18.5. The fourth-order valence-electron chi connectivity index (χ4n) is 3.86. The Morgan fingerprint density at radius 1 is 1.27 bits per heavy atom. The van der Waals surface area contributed by atoms with Crippen molar-refractivity contribution in [1.29, 1.82) is 0 Å². The van der Waals surface area contributed by atoms with Crippen molar-refractivity contribution in [3.8, 4) is 0 Å². The molecule has 0 aliphatic carbocycles. The summed E-state index contributed by atoms with van der Waals surface area (Å²) in [6, 6.07) is 11.0. The number of hydrogen-bond donors (Lipinski definition) is 0. The third-order valence-electron chi connectivity index (χ3n) is 5.40. The highest BCUT2D eigenvalue weighted by atomic mass is 35.5. The van der Waals surface area contributed by atoms with Gasteiger partial charge in [-0.25, -0.2) is 9.78 Å². The number of pyridine rings is 1. The average molecular weight is 371 g/mol. The normalized spacial score (nSPS) is 21.8. The maximum atomic E-state index is 13.2. The van der Waals surface area contributed by atoms with E-state index in [4.69, 9.17) is 16.3 Å². The second kappa shape index (κ2) is 5.81. The number of nitrogens with zero attached hydrogens (tertiary/aromatic N) is 2. The van der Waals surface area contributed by atoms with Gasteiger partial charge in [0.2, 0.25) is 5.91 Å². The molecule has 6 heteroatoms. The van der Waals surface area contributed by atoms with Crippen LogP contribution in [-0.4, -0.2) is 34.8 Å². The lowest BCUT2D eigenvalue weighted by Gasteiger charge is -2.31. The quantitative estimate of drug-likeness (QED) is 0.761. The van der Waals surface area contributed by atoms with E-state index in [1.54, 1.807) is 29.3 Å². The van der Waals surface area contributed by atoms with Crippen LogP contribution in [0.4, 0.5) is 0 Å². The summed E-state index contributed by atoms with van der Waals surface area (Å²) in [5.74, 6) is -0.406. The van der Waals surface area contributed by atoms with Crippen molar-refractivity contribution < 1.29 is 14.3 Å². The Morgan fingerprint density at radius 3 is 2.73 bits per heavy atom. The van der Waals surface area contributed by atoms with E-state index in [0.29, 0.717) is 30.2 Å². The fraction of sp³-hybridized carbons (Fsp3) is 0.350. The zero-order valence-corrected chi connectivity index (χ0v) is 15.4. The highest BCUT2D eigenvalue weighted by Crippen LogP contribution is 2.43. The molecule has 0 saturated carbocycles. The molecule has 0 N–H and O–H groups in total. The molecule has 26 heavy (non-hydrogen) atoms. The van der Waals surface area contributed by atoms with Gasteiger partial charge in [0.1, 0.15) is 0 Å². The molecule has 1 fully saturated rings. The molecule has 1 spiro atoms. The van der Waals surface area contributed by atoms with Crippen LogP contribution in [0.2, 0.25) is 5.02 Å². The summed E-state index contributed by atoms with van der Waals surface area (Å²) in [4.78, 5) is 31.3. The maximum Gasteiger partial charge on any atom is 0.358 e. The Kier molecular flexibility index (Phi) is 3.81. The number of carbonyl (C=O) groups excluding carboxylic acids is 2. The first-order chi connectivity index (χ1) is 12.3. The number of ether oxygens (including phenoxy) is 1. The van der Waals surface area contributed by atoms with Gasteiger partial charge in [0.05, 0.1) is 12.0 Å². The van der Waals surface area contributed by atoms with Gasteiger partial charge in [-0.3, -0.25) is 4.79 Å². The highest BCUT2D eigenvalue weighted by Gasteiger charge is 2.53. The van der Waals surface area contributed by atoms with Gasteiger partial charge in [0, 0.05) is 29.7 Å². The molecule has 3 heterocycles. The van der Waals surface area contributed by atoms with Crippen LogP contribution in [0.3, 0.4) is 0 Å². The molecule has 2 aromatic rings. The number of benzene rings is 1. The summed E-state index contributed by atoms with van der Waals surface area (Å²) in [5, 5.41) is 0.638.